The number of esters is 1. The van der Waals surface area contributed by atoms with E-state index in [1.807, 2.05) is 4.90 Å². The van der Waals surface area contributed by atoms with E-state index in [2.05, 4.69) is 0 Å². The first-order valence-corrected chi connectivity index (χ1v) is 8.58. The molecular formula is C17H25NO3. The zero-order valence-corrected chi connectivity index (χ0v) is 12.8. The summed E-state index contributed by atoms with van der Waals surface area (Å²) in [6.07, 6.45) is 8.48. The predicted molar refractivity (Wildman–Crippen MR) is 77.3 cm³/mol. The second kappa shape index (κ2) is 4.99. The molecule has 21 heavy (non-hydrogen) atoms. The fourth-order valence-corrected chi connectivity index (χ4v) is 5.65. The van der Waals surface area contributed by atoms with Crippen LogP contribution in [0.4, 0.5) is 0 Å². The van der Waals surface area contributed by atoms with Crippen molar-refractivity contribution in [3.05, 3.63) is 0 Å². The SMILES string of the molecule is COC(=O)CN(C(=O)C1C2C3CCC(C3)C12)C1CCCC1. The quantitative estimate of drug-likeness (QED) is 0.746. The van der Waals surface area contributed by atoms with Crippen LogP contribution in [-0.2, 0) is 14.3 Å². The Bertz CT molecular complexity index is 441. The van der Waals surface area contributed by atoms with Crippen molar-refractivity contribution in [3.8, 4) is 0 Å². The molecule has 1 amide bonds. The molecule has 4 fully saturated rings. The second-order valence-electron chi connectivity index (χ2n) is 7.49. The van der Waals surface area contributed by atoms with Crippen LogP contribution in [0.15, 0.2) is 0 Å². The number of hydrogen-bond acceptors (Lipinski definition) is 3. The minimum absolute atomic E-state index is 0.158. The van der Waals surface area contributed by atoms with E-state index in [-0.39, 0.29) is 30.4 Å². The summed E-state index contributed by atoms with van der Waals surface area (Å²) in [6.45, 7) is 0.158. The fraction of sp³-hybridized carbons (Fsp3) is 0.882. The summed E-state index contributed by atoms with van der Waals surface area (Å²) in [4.78, 5) is 26.6. The molecule has 4 aliphatic carbocycles. The highest BCUT2D eigenvalue weighted by Crippen LogP contribution is 2.69. The van der Waals surface area contributed by atoms with Gasteiger partial charge in [-0.05, 0) is 55.8 Å². The van der Waals surface area contributed by atoms with Gasteiger partial charge < -0.3 is 9.64 Å². The van der Waals surface area contributed by atoms with E-state index in [9.17, 15) is 9.59 Å². The van der Waals surface area contributed by atoms with Crippen molar-refractivity contribution >= 4 is 11.9 Å². The Balaban J connectivity index is 1.48. The Hall–Kier alpha value is -1.06. The largest absolute Gasteiger partial charge is 0.468 e. The summed E-state index contributed by atoms with van der Waals surface area (Å²) in [5.41, 5.74) is 0. The number of amides is 1. The molecule has 0 aromatic rings. The third-order valence-electron chi connectivity index (χ3n) is 6.60. The molecule has 0 radical (unpaired) electrons. The molecule has 4 aliphatic rings. The molecule has 0 saturated heterocycles. The molecule has 2 bridgehead atoms. The number of carbonyl (C=O) groups is 2. The molecule has 4 heteroatoms. The molecule has 4 nitrogen and oxygen atoms in total. The zero-order valence-electron chi connectivity index (χ0n) is 12.8. The number of methoxy groups -OCH3 is 1. The molecular weight excluding hydrogens is 266 g/mol. The van der Waals surface area contributed by atoms with E-state index in [0.717, 1.165) is 24.7 Å². The number of hydrogen-bond donors (Lipinski definition) is 0. The predicted octanol–water partition coefficient (Wildman–Crippen LogP) is 2.22. The lowest BCUT2D eigenvalue weighted by Crippen LogP contribution is -2.44. The van der Waals surface area contributed by atoms with Crippen LogP contribution in [0, 0.1) is 29.6 Å². The van der Waals surface area contributed by atoms with Gasteiger partial charge in [0.25, 0.3) is 0 Å². The topological polar surface area (TPSA) is 46.6 Å². The van der Waals surface area contributed by atoms with Gasteiger partial charge in [-0.3, -0.25) is 9.59 Å². The van der Waals surface area contributed by atoms with Crippen LogP contribution in [0.5, 0.6) is 0 Å². The van der Waals surface area contributed by atoms with Crippen molar-refractivity contribution in [1.29, 1.82) is 0 Å². The molecule has 0 aliphatic heterocycles. The van der Waals surface area contributed by atoms with Gasteiger partial charge in [-0.2, -0.15) is 0 Å². The van der Waals surface area contributed by atoms with Gasteiger partial charge >= 0.3 is 5.97 Å². The standard InChI is InChI=1S/C17H25NO3/c1-21-13(19)9-18(12-4-2-3-5-12)17(20)16-14-10-6-7-11(8-10)15(14)16/h10-12,14-16H,2-9H2,1H3. The van der Waals surface area contributed by atoms with Gasteiger partial charge in [-0.15, -0.1) is 0 Å². The van der Waals surface area contributed by atoms with Crippen LogP contribution in [0.1, 0.15) is 44.9 Å². The minimum Gasteiger partial charge on any atom is -0.468 e. The van der Waals surface area contributed by atoms with Crippen LogP contribution in [0.25, 0.3) is 0 Å². The average molecular weight is 291 g/mol. The van der Waals surface area contributed by atoms with Crippen molar-refractivity contribution in [2.75, 3.05) is 13.7 Å². The number of fused-ring (bicyclic) bond motifs is 5. The summed E-state index contributed by atoms with van der Waals surface area (Å²) in [5.74, 6) is 3.13. The fourth-order valence-electron chi connectivity index (χ4n) is 5.65. The molecule has 0 aromatic carbocycles. The molecule has 4 saturated carbocycles. The first-order chi connectivity index (χ1) is 10.2. The zero-order chi connectivity index (χ0) is 14.6. The first kappa shape index (κ1) is 13.6. The van der Waals surface area contributed by atoms with Gasteiger partial charge in [0.15, 0.2) is 0 Å². The summed E-state index contributed by atoms with van der Waals surface area (Å²) >= 11 is 0. The van der Waals surface area contributed by atoms with Crippen LogP contribution < -0.4 is 0 Å². The van der Waals surface area contributed by atoms with Crippen molar-refractivity contribution in [3.63, 3.8) is 0 Å². The number of ether oxygens (including phenoxy) is 1. The van der Waals surface area contributed by atoms with E-state index in [4.69, 9.17) is 4.74 Å². The van der Waals surface area contributed by atoms with Crippen molar-refractivity contribution in [2.45, 2.75) is 51.0 Å². The van der Waals surface area contributed by atoms with Crippen molar-refractivity contribution in [1.82, 2.24) is 4.90 Å². The van der Waals surface area contributed by atoms with E-state index in [1.165, 1.54) is 39.2 Å². The molecule has 4 atom stereocenters. The van der Waals surface area contributed by atoms with E-state index < -0.39 is 0 Å². The number of carbonyl (C=O) groups excluding carboxylic acids is 2. The van der Waals surface area contributed by atoms with Crippen LogP contribution in [0.2, 0.25) is 0 Å². The van der Waals surface area contributed by atoms with Gasteiger partial charge in [0.05, 0.1) is 7.11 Å². The Labute approximate surface area is 126 Å². The van der Waals surface area contributed by atoms with Gasteiger partial charge in [0.2, 0.25) is 5.91 Å². The highest BCUT2D eigenvalue weighted by Gasteiger charge is 2.68. The maximum atomic E-state index is 13.0. The number of nitrogens with zero attached hydrogens (tertiary/aromatic N) is 1. The van der Waals surface area contributed by atoms with Crippen molar-refractivity contribution < 1.29 is 14.3 Å². The Morgan fingerprint density at radius 2 is 1.67 bits per heavy atom. The van der Waals surface area contributed by atoms with Crippen LogP contribution in [0.3, 0.4) is 0 Å². The molecule has 0 N–H and O–H groups in total. The summed E-state index contributed by atoms with van der Waals surface area (Å²) in [5, 5.41) is 0. The summed E-state index contributed by atoms with van der Waals surface area (Å²) in [7, 11) is 1.41. The molecule has 116 valence electrons. The molecule has 0 heterocycles. The second-order valence-corrected chi connectivity index (χ2v) is 7.49. The first-order valence-electron chi connectivity index (χ1n) is 8.58. The third-order valence-corrected chi connectivity index (χ3v) is 6.60. The van der Waals surface area contributed by atoms with Crippen LogP contribution in [-0.4, -0.2) is 36.5 Å². The average Bonchev–Trinajstić information content (AvgIpc) is 2.94. The maximum Gasteiger partial charge on any atom is 0.325 e. The van der Waals surface area contributed by atoms with E-state index in [1.54, 1.807) is 0 Å². The molecule has 4 rings (SSSR count). The normalized spacial score (nSPS) is 40.1. The maximum absolute atomic E-state index is 13.0. The molecule has 0 spiro atoms. The van der Waals surface area contributed by atoms with Gasteiger partial charge in [-0.25, -0.2) is 0 Å². The Morgan fingerprint density at radius 1 is 1.05 bits per heavy atom. The molecule has 0 aromatic heterocycles. The Morgan fingerprint density at radius 3 is 2.24 bits per heavy atom. The lowest BCUT2D eigenvalue weighted by Gasteiger charge is -2.29. The summed E-state index contributed by atoms with van der Waals surface area (Å²) < 4.78 is 4.81. The lowest BCUT2D eigenvalue weighted by atomic mass is 10.0. The van der Waals surface area contributed by atoms with E-state index >= 15 is 0 Å². The Kier molecular flexibility index (Phi) is 3.23. The smallest absolute Gasteiger partial charge is 0.325 e. The van der Waals surface area contributed by atoms with Gasteiger partial charge in [0.1, 0.15) is 6.54 Å². The van der Waals surface area contributed by atoms with Gasteiger partial charge in [-0.1, -0.05) is 12.8 Å². The minimum atomic E-state index is -0.274. The number of rotatable bonds is 4. The van der Waals surface area contributed by atoms with Crippen LogP contribution >= 0.6 is 0 Å². The molecule has 4 unspecified atom stereocenters. The monoisotopic (exact) mass is 291 g/mol. The van der Waals surface area contributed by atoms with E-state index in [0.29, 0.717) is 11.8 Å². The highest BCUT2D eigenvalue weighted by molar-refractivity contribution is 5.86. The van der Waals surface area contributed by atoms with Crippen molar-refractivity contribution in [2.24, 2.45) is 29.6 Å². The third kappa shape index (κ3) is 2.09. The van der Waals surface area contributed by atoms with Gasteiger partial charge in [0, 0.05) is 12.0 Å². The lowest BCUT2D eigenvalue weighted by molar-refractivity contribution is -0.149. The highest BCUT2D eigenvalue weighted by atomic mass is 16.5. The summed E-state index contributed by atoms with van der Waals surface area (Å²) in [6, 6.07) is 0.274.